The summed E-state index contributed by atoms with van der Waals surface area (Å²) in [4.78, 5) is 11.9. The molecule has 0 radical (unpaired) electrons. The molecule has 0 aromatic heterocycles. The second-order valence-corrected chi connectivity index (χ2v) is 5.75. The standard InChI is InChI=1S/C16H16INO/c1-12-3-2-4-13(11-12)9-10-18-16(19)14-5-7-15(17)8-6-14/h2-8,11H,9-10H2,1H3,(H,18,19). The number of hydrogen-bond acceptors (Lipinski definition) is 1. The summed E-state index contributed by atoms with van der Waals surface area (Å²) in [7, 11) is 0. The van der Waals surface area contributed by atoms with Crippen LogP contribution in [-0.2, 0) is 6.42 Å². The Kier molecular flexibility index (Phi) is 4.96. The Morgan fingerprint density at radius 2 is 1.89 bits per heavy atom. The van der Waals surface area contributed by atoms with E-state index in [-0.39, 0.29) is 5.91 Å². The monoisotopic (exact) mass is 365 g/mol. The molecule has 0 unspecified atom stereocenters. The van der Waals surface area contributed by atoms with E-state index in [2.05, 4.69) is 53.0 Å². The number of amides is 1. The van der Waals surface area contributed by atoms with E-state index >= 15 is 0 Å². The van der Waals surface area contributed by atoms with Crippen LogP contribution in [0, 0.1) is 10.5 Å². The number of carbonyl (C=O) groups excluding carboxylic acids is 1. The zero-order valence-electron chi connectivity index (χ0n) is 10.8. The van der Waals surface area contributed by atoms with E-state index < -0.39 is 0 Å². The van der Waals surface area contributed by atoms with Crippen molar-refractivity contribution in [2.24, 2.45) is 0 Å². The van der Waals surface area contributed by atoms with Gasteiger partial charge in [0.2, 0.25) is 0 Å². The fraction of sp³-hybridized carbons (Fsp3) is 0.188. The summed E-state index contributed by atoms with van der Waals surface area (Å²) < 4.78 is 1.13. The van der Waals surface area contributed by atoms with Crippen molar-refractivity contribution in [1.29, 1.82) is 0 Å². The lowest BCUT2D eigenvalue weighted by Gasteiger charge is -2.06. The third-order valence-electron chi connectivity index (χ3n) is 2.89. The molecule has 0 aliphatic carbocycles. The van der Waals surface area contributed by atoms with E-state index in [4.69, 9.17) is 0 Å². The highest BCUT2D eigenvalue weighted by molar-refractivity contribution is 14.1. The number of nitrogens with one attached hydrogen (secondary N) is 1. The van der Waals surface area contributed by atoms with Crippen molar-refractivity contribution in [3.63, 3.8) is 0 Å². The zero-order chi connectivity index (χ0) is 13.7. The molecule has 19 heavy (non-hydrogen) atoms. The highest BCUT2D eigenvalue weighted by Crippen LogP contribution is 2.07. The lowest BCUT2D eigenvalue weighted by Crippen LogP contribution is -2.25. The first-order chi connectivity index (χ1) is 9.15. The molecule has 1 amide bonds. The Labute approximate surface area is 127 Å². The highest BCUT2D eigenvalue weighted by Gasteiger charge is 2.04. The van der Waals surface area contributed by atoms with Crippen LogP contribution in [0.4, 0.5) is 0 Å². The number of carbonyl (C=O) groups is 1. The van der Waals surface area contributed by atoms with E-state index in [1.807, 2.05) is 30.3 Å². The third-order valence-corrected chi connectivity index (χ3v) is 3.61. The molecule has 2 aromatic rings. The van der Waals surface area contributed by atoms with Gasteiger partial charge in [0.1, 0.15) is 0 Å². The van der Waals surface area contributed by atoms with E-state index in [9.17, 15) is 4.79 Å². The first kappa shape index (κ1) is 14.1. The topological polar surface area (TPSA) is 29.1 Å². The van der Waals surface area contributed by atoms with Crippen LogP contribution >= 0.6 is 22.6 Å². The highest BCUT2D eigenvalue weighted by atomic mass is 127. The molecule has 2 rings (SSSR count). The van der Waals surface area contributed by atoms with Gasteiger partial charge in [-0.15, -0.1) is 0 Å². The molecule has 3 heteroatoms. The van der Waals surface area contributed by atoms with E-state index in [0.717, 1.165) is 9.99 Å². The molecule has 0 atom stereocenters. The molecule has 0 aliphatic rings. The van der Waals surface area contributed by atoms with Crippen LogP contribution in [0.3, 0.4) is 0 Å². The summed E-state index contributed by atoms with van der Waals surface area (Å²) in [6.45, 7) is 2.74. The van der Waals surface area contributed by atoms with Crippen LogP contribution in [0.1, 0.15) is 21.5 Å². The molecule has 1 N–H and O–H groups in total. The van der Waals surface area contributed by atoms with E-state index in [1.165, 1.54) is 11.1 Å². The lowest BCUT2D eigenvalue weighted by atomic mass is 10.1. The summed E-state index contributed by atoms with van der Waals surface area (Å²) in [5.41, 5.74) is 3.22. The molecule has 98 valence electrons. The van der Waals surface area contributed by atoms with Crippen molar-refractivity contribution < 1.29 is 4.79 Å². The second kappa shape index (κ2) is 6.70. The first-order valence-corrected chi connectivity index (χ1v) is 7.32. The van der Waals surface area contributed by atoms with Gasteiger partial charge in [0, 0.05) is 15.7 Å². The molecule has 0 heterocycles. The predicted molar refractivity (Wildman–Crippen MR) is 86.4 cm³/mol. The Morgan fingerprint density at radius 3 is 2.58 bits per heavy atom. The minimum absolute atomic E-state index is 0.0101. The summed E-state index contributed by atoms with van der Waals surface area (Å²) >= 11 is 2.23. The summed E-state index contributed by atoms with van der Waals surface area (Å²) in [5.74, 6) is -0.0101. The van der Waals surface area contributed by atoms with Crippen molar-refractivity contribution in [2.75, 3.05) is 6.54 Å². The summed E-state index contributed by atoms with van der Waals surface area (Å²) in [5, 5.41) is 2.94. The maximum Gasteiger partial charge on any atom is 0.251 e. The van der Waals surface area contributed by atoms with Gasteiger partial charge in [-0.05, 0) is 65.8 Å². The Bertz CT molecular complexity index is 563. The quantitative estimate of drug-likeness (QED) is 0.825. The van der Waals surface area contributed by atoms with Gasteiger partial charge in [-0.25, -0.2) is 0 Å². The predicted octanol–water partition coefficient (Wildman–Crippen LogP) is 3.57. The molecule has 0 saturated carbocycles. The van der Waals surface area contributed by atoms with Crippen molar-refractivity contribution in [3.05, 3.63) is 68.8 Å². The molecular weight excluding hydrogens is 349 g/mol. The maximum atomic E-state index is 11.9. The van der Waals surface area contributed by atoms with Crippen molar-refractivity contribution >= 4 is 28.5 Å². The van der Waals surface area contributed by atoms with Gasteiger partial charge in [0.05, 0.1) is 0 Å². The average Bonchev–Trinajstić information content (AvgIpc) is 2.39. The van der Waals surface area contributed by atoms with Gasteiger partial charge in [0.25, 0.3) is 5.91 Å². The van der Waals surface area contributed by atoms with Gasteiger partial charge in [0.15, 0.2) is 0 Å². The Balaban J connectivity index is 1.86. The minimum atomic E-state index is -0.0101. The van der Waals surface area contributed by atoms with Crippen molar-refractivity contribution in [1.82, 2.24) is 5.32 Å². The van der Waals surface area contributed by atoms with Gasteiger partial charge >= 0.3 is 0 Å². The molecule has 0 spiro atoms. The fourth-order valence-electron chi connectivity index (χ4n) is 1.89. The molecule has 2 aromatic carbocycles. The van der Waals surface area contributed by atoms with Crippen LogP contribution in [0.15, 0.2) is 48.5 Å². The SMILES string of the molecule is Cc1cccc(CCNC(=O)c2ccc(I)cc2)c1. The maximum absolute atomic E-state index is 11.9. The van der Waals surface area contributed by atoms with Crippen LogP contribution in [-0.4, -0.2) is 12.5 Å². The normalized spacial score (nSPS) is 10.2. The summed E-state index contributed by atoms with van der Waals surface area (Å²) in [6, 6.07) is 15.9. The smallest absolute Gasteiger partial charge is 0.251 e. The molecule has 0 fully saturated rings. The largest absolute Gasteiger partial charge is 0.352 e. The van der Waals surface area contributed by atoms with Crippen molar-refractivity contribution in [3.8, 4) is 0 Å². The Hall–Kier alpha value is -1.36. The van der Waals surface area contributed by atoms with Crippen LogP contribution in [0.25, 0.3) is 0 Å². The van der Waals surface area contributed by atoms with Crippen LogP contribution < -0.4 is 5.32 Å². The van der Waals surface area contributed by atoms with Crippen LogP contribution in [0.5, 0.6) is 0 Å². The molecule has 0 bridgehead atoms. The van der Waals surface area contributed by atoms with Crippen LogP contribution in [0.2, 0.25) is 0 Å². The minimum Gasteiger partial charge on any atom is -0.352 e. The van der Waals surface area contributed by atoms with Gasteiger partial charge < -0.3 is 5.32 Å². The van der Waals surface area contributed by atoms with E-state index in [1.54, 1.807) is 0 Å². The number of benzene rings is 2. The average molecular weight is 365 g/mol. The zero-order valence-corrected chi connectivity index (χ0v) is 13.0. The molecule has 0 aliphatic heterocycles. The van der Waals surface area contributed by atoms with Crippen molar-refractivity contribution in [2.45, 2.75) is 13.3 Å². The number of aryl methyl sites for hydroxylation is 1. The number of halogens is 1. The van der Waals surface area contributed by atoms with Gasteiger partial charge in [-0.3, -0.25) is 4.79 Å². The second-order valence-electron chi connectivity index (χ2n) is 4.50. The lowest BCUT2D eigenvalue weighted by molar-refractivity contribution is 0.0954. The summed E-state index contributed by atoms with van der Waals surface area (Å²) in [6.07, 6.45) is 0.859. The third kappa shape index (κ3) is 4.35. The molecule has 2 nitrogen and oxygen atoms in total. The number of hydrogen-bond donors (Lipinski definition) is 1. The fourth-order valence-corrected chi connectivity index (χ4v) is 2.25. The first-order valence-electron chi connectivity index (χ1n) is 6.24. The van der Waals surface area contributed by atoms with E-state index in [0.29, 0.717) is 12.1 Å². The molecule has 0 saturated heterocycles. The number of rotatable bonds is 4. The van der Waals surface area contributed by atoms with Gasteiger partial charge in [-0.2, -0.15) is 0 Å². The Morgan fingerprint density at radius 1 is 1.16 bits per heavy atom. The molecular formula is C16H16INO. The van der Waals surface area contributed by atoms with Gasteiger partial charge in [-0.1, -0.05) is 29.8 Å².